The Morgan fingerprint density at radius 1 is 1.30 bits per heavy atom. The van der Waals surface area contributed by atoms with Crippen molar-refractivity contribution in [2.45, 2.75) is 46.1 Å². The van der Waals surface area contributed by atoms with Gasteiger partial charge in [-0.25, -0.2) is 12.7 Å². The third-order valence-corrected chi connectivity index (χ3v) is 6.44. The van der Waals surface area contributed by atoms with Crippen molar-refractivity contribution in [3.05, 3.63) is 29.3 Å². The van der Waals surface area contributed by atoms with Crippen LogP contribution in [0, 0.1) is 12.8 Å². The van der Waals surface area contributed by atoms with E-state index in [4.69, 9.17) is 4.74 Å². The standard InChI is InChI=1S/C21H36N4O3S.HI/c1-5-6-7-12-28-20-13-17(2)8-9-19(20)15-24-21(22-3)23-14-18-10-11-25(16-18)29(4,26)27;/h8-9,13,18H,5-7,10-12,14-16H2,1-4H3,(H2,22,23,24);1H. The van der Waals surface area contributed by atoms with Gasteiger partial charge in [-0.3, -0.25) is 4.99 Å². The number of aryl methyl sites for hydroxylation is 1. The smallest absolute Gasteiger partial charge is 0.211 e. The zero-order valence-corrected chi connectivity index (χ0v) is 21.8. The predicted octanol–water partition coefficient (Wildman–Crippen LogP) is 3.13. The van der Waals surface area contributed by atoms with E-state index in [-0.39, 0.29) is 24.0 Å². The first-order valence-corrected chi connectivity index (χ1v) is 12.3. The van der Waals surface area contributed by atoms with E-state index in [1.54, 1.807) is 11.4 Å². The highest BCUT2D eigenvalue weighted by atomic mass is 127. The molecule has 1 aliphatic rings. The van der Waals surface area contributed by atoms with Crippen molar-refractivity contribution in [1.29, 1.82) is 0 Å². The van der Waals surface area contributed by atoms with Crippen LogP contribution in [-0.4, -0.2) is 58.2 Å². The number of rotatable bonds is 10. The lowest BCUT2D eigenvalue weighted by Gasteiger charge is -2.17. The summed E-state index contributed by atoms with van der Waals surface area (Å²) in [5.74, 6) is 1.92. The van der Waals surface area contributed by atoms with E-state index in [0.29, 0.717) is 38.1 Å². The average molecular weight is 553 g/mol. The van der Waals surface area contributed by atoms with Crippen molar-refractivity contribution >= 4 is 40.0 Å². The van der Waals surface area contributed by atoms with Crippen LogP contribution in [0.2, 0.25) is 0 Å². The van der Waals surface area contributed by atoms with Gasteiger partial charge in [0.1, 0.15) is 5.75 Å². The average Bonchev–Trinajstić information content (AvgIpc) is 3.16. The molecule has 1 aliphatic heterocycles. The van der Waals surface area contributed by atoms with Crippen LogP contribution in [-0.2, 0) is 16.6 Å². The summed E-state index contributed by atoms with van der Waals surface area (Å²) < 4.78 is 30.9. The number of ether oxygens (including phenoxy) is 1. The van der Waals surface area contributed by atoms with Crippen molar-refractivity contribution in [2.24, 2.45) is 10.9 Å². The van der Waals surface area contributed by atoms with E-state index in [0.717, 1.165) is 30.8 Å². The molecule has 30 heavy (non-hydrogen) atoms. The molecule has 1 atom stereocenters. The fourth-order valence-electron chi connectivity index (χ4n) is 3.38. The number of sulfonamides is 1. The van der Waals surface area contributed by atoms with Crippen molar-refractivity contribution in [2.75, 3.05) is 39.5 Å². The van der Waals surface area contributed by atoms with E-state index in [2.05, 4.69) is 47.7 Å². The van der Waals surface area contributed by atoms with Crippen molar-refractivity contribution in [3.63, 3.8) is 0 Å². The minimum Gasteiger partial charge on any atom is -0.493 e. The summed E-state index contributed by atoms with van der Waals surface area (Å²) in [6.07, 6.45) is 5.55. The summed E-state index contributed by atoms with van der Waals surface area (Å²) in [5, 5.41) is 6.66. The van der Waals surface area contributed by atoms with Gasteiger partial charge in [0.05, 0.1) is 12.9 Å². The fraction of sp³-hybridized carbons (Fsp3) is 0.667. The van der Waals surface area contributed by atoms with Gasteiger partial charge in [0.25, 0.3) is 0 Å². The van der Waals surface area contributed by atoms with Gasteiger partial charge in [0.15, 0.2) is 5.96 Å². The van der Waals surface area contributed by atoms with Crippen molar-refractivity contribution in [1.82, 2.24) is 14.9 Å². The van der Waals surface area contributed by atoms with Gasteiger partial charge < -0.3 is 15.4 Å². The molecule has 1 aromatic rings. The Morgan fingerprint density at radius 2 is 2.07 bits per heavy atom. The number of guanidine groups is 1. The molecule has 1 fully saturated rings. The SMILES string of the molecule is CCCCCOc1cc(C)ccc1CNC(=NC)NCC1CCN(S(C)(=O)=O)C1.I. The number of nitrogens with one attached hydrogen (secondary N) is 2. The highest BCUT2D eigenvalue weighted by Gasteiger charge is 2.28. The van der Waals surface area contributed by atoms with Gasteiger partial charge in [-0.1, -0.05) is 31.9 Å². The minimum atomic E-state index is -3.10. The van der Waals surface area contributed by atoms with Crippen LogP contribution in [0.5, 0.6) is 5.75 Å². The maximum absolute atomic E-state index is 11.7. The molecule has 0 saturated carbocycles. The molecule has 2 N–H and O–H groups in total. The number of benzene rings is 1. The molecule has 0 bridgehead atoms. The summed E-state index contributed by atoms with van der Waals surface area (Å²) in [6, 6.07) is 6.26. The van der Waals surface area contributed by atoms with Gasteiger partial charge in [-0.15, -0.1) is 24.0 Å². The van der Waals surface area contributed by atoms with E-state index in [9.17, 15) is 8.42 Å². The zero-order chi connectivity index (χ0) is 21.3. The summed E-state index contributed by atoms with van der Waals surface area (Å²) in [6.45, 7) is 7.46. The fourth-order valence-corrected chi connectivity index (χ4v) is 4.30. The highest BCUT2D eigenvalue weighted by Crippen LogP contribution is 2.21. The molecule has 0 amide bonds. The number of hydrogen-bond acceptors (Lipinski definition) is 4. The molecule has 1 heterocycles. The van der Waals surface area contributed by atoms with E-state index >= 15 is 0 Å². The summed E-state index contributed by atoms with van der Waals surface area (Å²) >= 11 is 0. The Bertz CT molecular complexity index is 786. The Kier molecular flexibility index (Phi) is 12.0. The second kappa shape index (κ2) is 13.4. The topological polar surface area (TPSA) is 83.0 Å². The van der Waals surface area contributed by atoms with Crippen LogP contribution < -0.4 is 15.4 Å². The zero-order valence-electron chi connectivity index (χ0n) is 18.6. The number of aliphatic imine (C=N–C) groups is 1. The lowest BCUT2D eigenvalue weighted by atomic mass is 10.1. The molecule has 0 aliphatic carbocycles. The maximum atomic E-state index is 11.7. The Labute approximate surface area is 199 Å². The van der Waals surface area contributed by atoms with Crippen LogP contribution in [0.3, 0.4) is 0 Å². The van der Waals surface area contributed by atoms with Gasteiger partial charge >= 0.3 is 0 Å². The molecule has 0 radical (unpaired) electrons. The van der Waals surface area contributed by atoms with E-state index in [1.807, 2.05) is 0 Å². The molecular weight excluding hydrogens is 515 g/mol. The van der Waals surface area contributed by atoms with E-state index < -0.39 is 10.0 Å². The molecule has 2 rings (SSSR count). The Morgan fingerprint density at radius 3 is 2.70 bits per heavy atom. The molecule has 7 nitrogen and oxygen atoms in total. The summed E-state index contributed by atoms with van der Waals surface area (Å²) in [7, 11) is -1.36. The van der Waals surface area contributed by atoms with Crippen LogP contribution in [0.4, 0.5) is 0 Å². The van der Waals surface area contributed by atoms with Crippen LogP contribution >= 0.6 is 24.0 Å². The summed E-state index contributed by atoms with van der Waals surface area (Å²) in [4.78, 5) is 4.29. The van der Waals surface area contributed by atoms with Gasteiger partial charge in [-0.05, 0) is 37.3 Å². The minimum absolute atomic E-state index is 0. The Hall–Kier alpha value is -1.07. The quantitative estimate of drug-likeness (QED) is 0.202. The van der Waals surface area contributed by atoms with Gasteiger partial charge in [-0.2, -0.15) is 0 Å². The molecule has 1 saturated heterocycles. The van der Waals surface area contributed by atoms with Crippen molar-refractivity contribution < 1.29 is 13.2 Å². The lowest BCUT2D eigenvalue weighted by Crippen LogP contribution is -2.40. The first kappa shape index (κ1) is 27.0. The molecule has 1 unspecified atom stereocenters. The molecule has 172 valence electrons. The van der Waals surface area contributed by atoms with E-state index in [1.165, 1.54) is 24.7 Å². The van der Waals surface area contributed by atoms with Gasteiger partial charge in [0, 0.05) is 38.8 Å². The Balaban J connectivity index is 0.00000450. The third kappa shape index (κ3) is 8.97. The monoisotopic (exact) mass is 552 g/mol. The predicted molar refractivity (Wildman–Crippen MR) is 134 cm³/mol. The first-order valence-electron chi connectivity index (χ1n) is 10.5. The molecule has 0 aromatic heterocycles. The van der Waals surface area contributed by atoms with Crippen LogP contribution in [0.25, 0.3) is 0 Å². The summed E-state index contributed by atoms with van der Waals surface area (Å²) in [5.41, 5.74) is 2.28. The highest BCUT2D eigenvalue weighted by molar-refractivity contribution is 14.0. The molecular formula is C21H37IN4O3S. The first-order chi connectivity index (χ1) is 13.8. The van der Waals surface area contributed by atoms with Crippen LogP contribution in [0.15, 0.2) is 23.2 Å². The second-order valence-corrected chi connectivity index (χ2v) is 9.73. The lowest BCUT2D eigenvalue weighted by molar-refractivity contribution is 0.303. The largest absolute Gasteiger partial charge is 0.493 e. The normalized spacial score (nSPS) is 17.5. The van der Waals surface area contributed by atoms with Gasteiger partial charge in [0.2, 0.25) is 10.0 Å². The number of halogens is 1. The van der Waals surface area contributed by atoms with Crippen LogP contribution in [0.1, 0.15) is 43.7 Å². The molecule has 9 heteroatoms. The molecule has 0 spiro atoms. The number of unbranched alkanes of at least 4 members (excludes halogenated alkanes) is 2. The number of nitrogens with zero attached hydrogens (tertiary/aromatic N) is 2. The molecule has 1 aromatic carbocycles. The maximum Gasteiger partial charge on any atom is 0.211 e. The van der Waals surface area contributed by atoms with Crippen molar-refractivity contribution in [3.8, 4) is 5.75 Å². The second-order valence-electron chi connectivity index (χ2n) is 7.75. The number of hydrogen-bond donors (Lipinski definition) is 2. The third-order valence-electron chi connectivity index (χ3n) is 5.17.